The summed E-state index contributed by atoms with van der Waals surface area (Å²) in [5.41, 5.74) is -0.441. The maximum atomic E-state index is 12.8. The molecule has 4 nitrogen and oxygen atoms in total. The summed E-state index contributed by atoms with van der Waals surface area (Å²) >= 11 is 3.29. The number of methoxy groups -OCH3 is 1. The van der Waals surface area contributed by atoms with Crippen molar-refractivity contribution in [2.24, 2.45) is 0 Å². The summed E-state index contributed by atoms with van der Waals surface area (Å²) in [5, 5.41) is 2.59. The van der Waals surface area contributed by atoms with Gasteiger partial charge in [0.25, 0.3) is 5.91 Å². The number of hydrogen-bond donors (Lipinski definition) is 1. The van der Waals surface area contributed by atoms with Crippen molar-refractivity contribution in [3.63, 3.8) is 0 Å². The molecule has 2 rings (SSSR count). The number of nitrogens with one attached hydrogen (secondary N) is 1. The Hall–Kier alpha value is -2.35. The first-order valence-corrected chi connectivity index (χ1v) is 8.30. The minimum Gasteiger partial charge on any atom is -0.469 e. The van der Waals surface area contributed by atoms with Gasteiger partial charge in [0, 0.05) is 10.0 Å². The van der Waals surface area contributed by atoms with Crippen LogP contribution < -0.4 is 5.32 Å². The standard InChI is InChI=1S/C18H15BrF3NO3/c1-26-16(24)10-15(11-5-7-14(19)8-6-11)23-17(25)12-3-2-4-13(9-12)18(20,21)22/h2-9,15H,10H2,1H3,(H,23,25). The highest BCUT2D eigenvalue weighted by atomic mass is 79.9. The molecule has 0 aliphatic heterocycles. The Balaban J connectivity index is 2.25. The lowest BCUT2D eigenvalue weighted by atomic mass is 10.0. The van der Waals surface area contributed by atoms with Gasteiger partial charge in [-0.2, -0.15) is 13.2 Å². The van der Waals surface area contributed by atoms with E-state index in [1.165, 1.54) is 13.2 Å². The molecule has 0 fully saturated rings. The van der Waals surface area contributed by atoms with Gasteiger partial charge in [-0.05, 0) is 35.9 Å². The van der Waals surface area contributed by atoms with E-state index in [-0.39, 0.29) is 12.0 Å². The van der Waals surface area contributed by atoms with Gasteiger partial charge in [-0.1, -0.05) is 34.1 Å². The van der Waals surface area contributed by atoms with Crippen LogP contribution in [-0.4, -0.2) is 19.0 Å². The van der Waals surface area contributed by atoms with Crippen LogP contribution in [0.5, 0.6) is 0 Å². The number of esters is 1. The van der Waals surface area contributed by atoms with Gasteiger partial charge >= 0.3 is 12.1 Å². The van der Waals surface area contributed by atoms with E-state index in [0.29, 0.717) is 5.56 Å². The van der Waals surface area contributed by atoms with E-state index in [1.807, 2.05) is 0 Å². The van der Waals surface area contributed by atoms with Gasteiger partial charge in [0.2, 0.25) is 0 Å². The van der Waals surface area contributed by atoms with Crippen LogP contribution in [0.3, 0.4) is 0 Å². The molecule has 0 saturated carbocycles. The van der Waals surface area contributed by atoms with Gasteiger partial charge in [-0.15, -0.1) is 0 Å². The van der Waals surface area contributed by atoms with Crippen molar-refractivity contribution in [2.45, 2.75) is 18.6 Å². The Bertz CT molecular complexity index is 791. The lowest BCUT2D eigenvalue weighted by molar-refractivity contribution is -0.141. The van der Waals surface area contributed by atoms with E-state index < -0.39 is 29.7 Å². The van der Waals surface area contributed by atoms with Crippen molar-refractivity contribution in [3.05, 3.63) is 69.7 Å². The van der Waals surface area contributed by atoms with E-state index in [9.17, 15) is 22.8 Å². The van der Waals surface area contributed by atoms with Gasteiger partial charge in [0.1, 0.15) is 0 Å². The number of hydrogen-bond acceptors (Lipinski definition) is 3. The molecule has 26 heavy (non-hydrogen) atoms. The van der Waals surface area contributed by atoms with Crippen LogP contribution in [-0.2, 0) is 15.7 Å². The molecule has 0 heterocycles. The molecule has 0 aromatic heterocycles. The zero-order valence-corrected chi connectivity index (χ0v) is 15.2. The quantitative estimate of drug-likeness (QED) is 0.711. The van der Waals surface area contributed by atoms with Crippen LogP contribution in [0.4, 0.5) is 13.2 Å². The Labute approximate surface area is 156 Å². The molecule has 1 unspecified atom stereocenters. The molecule has 1 amide bonds. The van der Waals surface area contributed by atoms with Crippen molar-refractivity contribution in [1.29, 1.82) is 0 Å². The van der Waals surface area contributed by atoms with E-state index in [4.69, 9.17) is 0 Å². The molecular weight excluding hydrogens is 415 g/mol. The molecule has 0 bridgehead atoms. The maximum absolute atomic E-state index is 12.8. The minimum absolute atomic E-state index is 0.146. The molecular formula is C18H15BrF3NO3. The third-order valence-electron chi connectivity index (χ3n) is 3.63. The molecule has 0 aliphatic rings. The van der Waals surface area contributed by atoms with Crippen molar-refractivity contribution < 1.29 is 27.5 Å². The number of ether oxygens (including phenoxy) is 1. The molecule has 1 atom stereocenters. The number of benzene rings is 2. The summed E-state index contributed by atoms with van der Waals surface area (Å²) in [5.74, 6) is -1.27. The largest absolute Gasteiger partial charge is 0.469 e. The van der Waals surface area contributed by atoms with Crippen molar-refractivity contribution >= 4 is 27.8 Å². The highest BCUT2D eigenvalue weighted by Gasteiger charge is 2.31. The summed E-state index contributed by atoms with van der Waals surface area (Å²) in [6.45, 7) is 0. The third-order valence-corrected chi connectivity index (χ3v) is 4.16. The average Bonchev–Trinajstić information content (AvgIpc) is 2.61. The van der Waals surface area contributed by atoms with E-state index in [0.717, 1.165) is 22.7 Å². The fourth-order valence-electron chi connectivity index (χ4n) is 2.28. The fraction of sp³-hybridized carbons (Fsp3) is 0.222. The Morgan fingerprint density at radius 2 is 1.81 bits per heavy atom. The van der Waals surface area contributed by atoms with Gasteiger partial charge in [0.15, 0.2) is 0 Å². The molecule has 0 spiro atoms. The smallest absolute Gasteiger partial charge is 0.416 e. The normalized spacial score (nSPS) is 12.3. The minimum atomic E-state index is -4.55. The van der Waals surface area contributed by atoms with Crippen LogP contribution in [0.15, 0.2) is 53.0 Å². The van der Waals surface area contributed by atoms with Crippen molar-refractivity contribution in [3.8, 4) is 0 Å². The third kappa shape index (κ3) is 5.32. The summed E-state index contributed by atoms with van der Waals surface area (Å²) < 4.78 is 43.9. The number of rotatable bonds is 5. The SMILES string of the molecule is COC(=O)CC(NC(=O)c1cccc(C(F)(F)F)c1)c1ccc(Br)cc1. The predicted octanol–water partition coefficient (Wildman–Crippen LogP) is 4.50. The molecule has 1 N–H and O–H groups in total. The summed E-state index contributed by atoms with van der Waals surface area (Å²) in [6, 6.07) is 10.2. The van der Waals surface area contributed by atoms with Crippen LogP contribution >= 0.6 is 15.9 Å². The number of carbonyl (C=O) groups is 2. The topological polar surface area (TPSA) is 55.4 Å². The predicted molar refractivity (Wildman–Crippen MR) is 92.4 cm³/mol. The maximum Gasteiger partial charge on any atom is 0.416 e. The second-order valence-corrected chi connectivity index (χ2v) is 6.35. The first-order chi connectivity index (χ1) is 12.2. The monoisotopic (exact) mass is 429 g/mol. The second kappa shape index (κ2) is 8.35. The van der Waals surface area contributed by atoms with E-state index in [1.54, 1.807) is 24.3 Å². The lowest BCUT2D eigenvalue weighted by Gasteiger charge is -2.19. The first kappa shape index (κ1) is 20.0. The number of carbonyl (C=O) groups excluding carboxylic acids is 2. The molecule has 0 radical (unpaired) electrons. The Morgan fingerprint density at radius 1 is 1.15 bits per heavy atom. The number of alkyl halides is 3. The molecule has 0 aliphatic carbocycles. The molecule has 2 aromatic rings. The number of halogens is 4. The Morgan fingerprint density at radius 3 is 2.38 bits per heavy atom. The fourth-order valence-corrected chi connectivity index (χ4v) is 2.54. The Kier molecular flexibility index (Phi) is 6.42. The zero-order chi connectivity index (χ0) is 19.3. The lowest BCUT2D eigenvalue weighted by Crippen LogP contribution is -2.30. The summed E-state index contributed by atoms with van der Waals surface area (Å²) in [4.78, 5) is 24.0. The van der Waals surface area contributed by atoms with Gasteiger partial charge in [-0.25, -0.2) is 0 Å². The van der Waals surface area contributed by atoms with Crippen LogP contribution in [0.2, 0.25) is 0 Å². The van der Waals surface area contributed by atoms with Gasteiger partial charge < -0.3 is 10.1 Å². The van der Waals surface area contributed by atoms with Crippen LogP contribution in [0.25, 0.3) is 0 Å². The molecule has 8 heteroatoms. The number of amides is 1. The molecule has 2 aromatic carbocycles. The average molecular weight is 430 g/mol. The summed E-state index contributed by atoms with van der Waals surface area (Å²) in [7, 11) is 1.22. The molecule has 0 saturated heterocycles. The second-order valence-electron chi connectivity index (χ2n) is 5.44. The molecule has 138 valence electrons. The van der Waals surface area contributed by atoms with Crippen LogP contribution in [0, 0.1) is 0 Å². The van der Waals surface area contributed by atoms with E-state index in [2.05, 4.69) is 26.0 Å². The van der Waals surface area contributed by atoms with Crippen LogP contribution in [0.1, 0.15) is 33.9 Å². The highest BCUT2D eigenvalue weighted by molar-refractivity contribution is 9.10. The van der Waals surface area contributed by atoms with Gasteiger partial charge in [-0.3, -0.25) is 9.59 Å². The zero-order valence-electron chi connectivity index (χ0n) is 13.6. The summed E-state index contributed by atoms with van der Waals surface area (Å²) in [6.07, 6.45) is -4.70. The highest BCUT2D eigenvalue weighted by Crippen LogP contribution is 2.29. The van der Waals surface area contributed by atoms with E-state index >= 15 is 0 Å². The first-order valence-electron chi connectivity index (χ1n) is 7.51. The van der Waals surface area contributed by atoms with Crippen molar-refractivity contribution in [2.75, 3.05) is 7.11 Å². The van der Waals surface area contributed by atoms with Gasteiger partial charge in [0.05, 0.1) is 25.1 Å². The van der Waals surface area contributed by atoms with Crippen molar-refractivity contribution in [1.82, 2.24) is 5.32 Å².